The van der Waals surface area contributed by atoms with E-state index in [2.05, 4.69) is 22.1 Å². The van der Waals surface area contributed by atoms with E-state index in [9.17, 15) is 4.39 Å². The summed E-state index contributed by atoms with van der Waals surface area (Å²) < 4.78 is 19.1. The Kier molecular flexibility index (Phi) is 7.06. The van der Waals surface area contributed by atoms with Gasteiger partial charge in [-0.05, 0) is 51.1 Å². The van der Waals surface area contributed by atoms with Gasteiger partial charge in [-0.3, -0.25) is 4.90 Å². The Bertz CT molecular complexity index is 746. The van der Waals surface area contributed by atoms with Crippen molar-refractivity contribution in [3.05, 3.63) is 35.3 Å². The molecule has 0 amide bonds. The Morgan fingerprint density at radius 2 is 2.28 bits per heavy atom. The molecule has 1 saturated heterocycles. The first-order valence-electron chi connectivity index (χ1n) is 8.54. The molecule has 0 aliphatic carbocycles. The molecule has 1 atom stereocenters. The van der Waals surface area contributed by atoms with E-state index < -0.39 is 0 Å². The fourth-order valence-corrected chi connectivity index (χ4v) is 3.37. The van der Waals surface area contributed by atoms with Gasteiger partial charge in [-0.25, -0.2) is 9.38 Å². The Balaban J connectivity index is 0.00000225. The van der Waals surface area contributed by atoms with E-state index in [1.807, 2.05) is 6.92 Å². The molecule has 3 N–H and O–H groups in total. The van der Waals surface area contributed by atoms with Crippen LogP contribution in [0.4, 0.5) is 4.39 Å². The van der Waals surface area contributed by atoms with Crippen LogP contribution in [-0.2, 0) is 6.54 Å². The fraction of sp³-hybridized carbons (Fsp3) is 0.500. The Morgan fingerprint density at radius 1 is 1.48 bits per heavy atom. The molecule has 2 aromatic rings. The van der Waals surface area contributed by atoms with Crippen molar-refractivity contribution in [1.29, 1.82) is 0 Å². The third-order valence-electron chi connectivity index (χ3n) is 4.81. The Labute approximate surface area is 164 Å². The summed E-state index contributed by atoms with van der Waals surface area (Å²) >= 11 is 0. The summed E-state index contributed by atoms with van der Waals surface area (Å²) in [5.41, 5.74) is 7.56. The van der Waals surface area contributed by atoms with E-state index in [1.54, 1.807) is 6.07 Å². The lowest BCUT2D eigenvalue weighted by atomic mass is 10.1. The van der Waals surface area contributed by atoms with Crippen LogP contribution in [0, 0.1) is 12.7 Å². The van der Waals surface area contributed by atoms with Gasteiger partial charge in [-0.1, -0.05) is 6.92 Å². The van der Waals surface area contributed by atoms with Crippen molar-refractivity contribution in [2.75, 3.05) is 19.6 Å². The van der Waals surface area contributed by atoms with E-state index in [0.717, 1.165) is 36.3 Å². The van der Waals surface area contributed by atoms with Crippen LogP contribution in [0.1, 0.15) is 31.1 Å². The Hall–Kier alpha value is -1.35. The molecular weight excluding hydrogens is 434 g/mol. The molecule has 2 heterocycles. The van der Waals surface area contributed by atoms with E-state index in [0.29, 0.717) is 24.1 Å². The van der Waals surface area contributed by atoms with Crippen LogP contribution in [-0.4, -0.2) is 36.5 Å². The number of fused-ring (bicyclic) bond motifs is 1. The van der Waals surface area contributed by atoms with Crippen molar-refractivity contribution in [2.24, 2.45) is 10.7 Å². The maximum absolute atomic E-state index is 13.3. The van der Waals surface area contributed by atoms with Crippen LogP contribution in [0.3, 0.4) is 0 Å². The number of benzene rings is 1. The van der Waals surface area contributed by atoms with E-state index in [-0.39, 0.29) is 29.8 Å². The van der Waals surface area contributed by atoms with Crippen LogP contribution in [0.25, 0.3) is 11.0 Å². The molecule has 1 fully saturated rings. The lowest BCUT2D eigenvalue weighted by Gasteiger charge is -2.23. The van der Waals surface area contributed by atoms with Gasteiger partial charge in [0.1, 0.15) is 23.7 Å². The lowest BCUT2D eigenvalue weighted by Crippen LogP contribution is -2.42. The van der Waals surface area contributed by atoms with Gasteiger partial charge < -0.3 is 15.5 Å². The number of rotatable bonds is 5. The molecule has 0 spiro atoms. The highest BCUT2D eigenvalue weighted by atomic mass is 127. The smallest absolute Gasteiger partial charge is 0.189 e. The van der Waals surface area contributed by atoms with Gasteiger partial charge in [0.15, 0.2) is 5.96 Å². The monoisotopic (exact) mass is 460 g/mol. The highest BCUT2D eigenvalue weighted by Gasteiger charge is 2.22. The molecule has 0 saturated carbocycles. The number of aryl methyl sites for hydroxylation is 1. The second-order valence-electron chi connectivity index (χ2n) is 6.30. The zero-order chi connectivity index (χ0) is 17.1. The minimum absolute atomic E-state index is 0. The van der Waals surface area contributed by atoms with Crippen LogP contribution >= 0.6 is 24.0 Å². The molecule has 1 unspecified atom stereocenters. The van der Waals surface area contributed by atoms with Gasteiger partial charge in [0, 0.05) is 23.5 Å². The predicted octanol–water partition coefficient (Wildman–Crippen LogP) is 3.39. The lowest BCUT2D eigenvalue weighted by molar-refractivity contribution is 0.267. The zero-order valence-corrected chi connectivity index (χ0v) is 17.0. The maximum Gasteiger partial charge on any atom is 0.189 e. The molecule has 5 nitrogen and oxygen atoms in total. The summed E-state index contributed by atoms with van der Waals surface area (Å²) in [7, 11) is 0. The van der Waals surface area contributed by atoms with Gasteiger partial charge in [-0.15, -0.1) is 24.0 Å². The van der Waals surface area contributed by atoms with Crippen molar-refractivity contribution in [2.45, 2.75) is 39.3 Å². The maximum atomic E-state index is 13.3. The third kappa shape index (κ3) is 4.63. The number of hydrogen-bond donors (Lipinski definition) is 2. The number of halogens is 2. The van der Waals surface area contributed by atoms with Gasteiger partial charge in [0.25, 0.3) is 0 Å². The number of guanidine groups is 1. The van der Waals surface area contributed by atoms with Crippen molar-refractivity contribution in [1.82, 2.24) is 10.2 Å². The fourth-order valence-electron chi connectivity index (χ4n) is 3.37. The highest BCUT2D eigenvalue weighted by Crippen LogP contribution is 2.26. The summed E-state index contributed by atoms with van der Waals surface area (Å²) in [5, 5.41) is 3.99. The number of furan rings is 1. The molecule has 0 radical (unpaired) electrons. The zero-order valence-electron chi connectivity index (χ0n) is 14.7. The quantitative estimate of drug-likeness (QED) is 0.408. The number of likely N-dealkylation sites (tertiary alicyclic amines) is 1. The average Bonchev–Trinajstić information content (AvgIpc) is 3.16. The summed E-state index contributed by atoms with van der Waals surface area (Å²) in [6.07, 6.45) is 2.44. The van der Waals surface area contributed by atoms with Crippen LogP contribution < -0.4 is 11.1 Å². The van der Waals surface area contributed by atoms with Gasteiger partial charge in [0.05, 0.1) is 0 Å². The molecule has 0 bridgehead atoms. The van der Waals surface area contributed by atoms with Crippen molar-refractivity contribution < 1.29 is 8.81 Å². The first-order chi connectivity index (χ1) is 11.6. The second-order valence-corrected chi connectivity index (χ2v) is 6.30. The SMILES string of the molecule is CCN1CCCC1CNC(N)=NCc1oc2ccc(F)cc2c1C.I. The highest BCUT2D eigenvalue weighted by molar-refractivity contribution is 14.0. The summed E-state index contributed by atoms with van der Waals surface area (Å²) in [6, 6.07) is 5.06. The number of nitrogens with zero attached hydrogens (tertiary/aromatic N) is 2. The molecule has 1 aromatic heterocycles. The topological polar surface area (TPSA) is 66.8 Å². The first kappa shape index (κ1) is 20.0. The standard InChI is InChI=1S/C18H25FN4O.HI/c1-3-23-8-4-5-14(23)10-21-18(20)22-11-17-12(2)15-9-13(19)6-7-16(15)24-17;/h6-7,9,14H,3-5,8,10-11H2,1-2H3,(H3,20,21,22);1H. The van der Waals surface area contributed by atoms with Crippen molar-refractivity contribution in [3.8, 4) is 0 Å². The first-order valence-corrected chi connectivity index (χ1v) is 8.54. The number of aliphatic imine (C=N–C) groups is 1. The van der Waals surface area contributed by atoms with Gasteiger partial charge in [-0.2, -0.15) is 0 Å². The van der Waals surface area contributed by atoms with Crippen LogP contribution in [0.2, 0.25) is 0 Å². The van der Waals surface area contributed by atoms with E-state index in [1.165, 1.54) is 25.0 Å². The number of nitrogens with one attached hydrogen (secondary N) is 1. The summed E-state index contributed by atoms with van der Waals surface area (Å²) in [5.74, 6) is 0.875. The number of likely N-dealkylation sites (N-methyl/N-ethyl adjacent to an activating group) is 1. The second kappa shape index (κ2) is 8.84. The Morgan fingerprint density at radius 3 is 3.04 bits per heavy atom. The third-order valence-corrected chi connectivity index (χ3v) is 4.81. The molecule has 1 aromatic carbocycles. The van der Waals surface area contributed by atoms with E-state index >= 15 is 0 Å². The molecule has 1 aliphatic rings. The van der Waals surface area contributed by atoms with Crippen LogP contribution in [0.15, 0.2) is 27.6 Å². The van der Waals surface area contributed by atoms with Crippen molar-refractivity contribution >= 4 is 40.9 Å². The minimum atomic E-state index is -0.264. The molecule has 25 heavy (non-hydrogen) atoms. The number of nitrogens with two attached hydrogens (primary N) is 1. The molecule has 138 valence electrons. The molecule has 1 aliphatic heterocycles. The normalized spacial score (nSPS) is 18.5. The summed E-state index contributed by atoms with van der Waals surface area (Å²) in [4.78, 5) is 6.82. The molecule has 3 rings (SSSR count). The van der Waals surface area contributed by atoms with Gasteiger partial charge in [0.2, 0.25) is 0 Å². The minimum Gasteiger partial charge on any atom is -0.459 e. The average molecular weight is 460 g/mol. The van der Waals surface area contributed by atoms with E-state index in [4.69, 9.17) is 10.2 Å². The number of hydrogen-bond acceptors (Lipinski definition) is 3. The molecular formula is C18H26FIN4O. The van der Waals surface area contributed by atoms with Crippen LogP contribution in [0.5, 0.6) is 0 Å². The van der Waals surface area contributed by atoms with Crippen molar-refractivity contribution in [3.63, 3.8) is 0 Å². The predicted molar refractivity (Wildman–Crippen MR) is 110 cm³/mol. The summed E-state index contributed by atoms with van der Waals surface area (Å²) in [6.45, 7) is 7.49. The molecule has 7 heteroatoms. The largest absolute Gasteiger partial charge is 0.459 e. The van der Waals surface area contributed by atoms with Gasteiger partial charge >= 0.3 is 0 Å².